The van der Waals surface area contributed by atoms with E-state index in [2.05, 4.69) is 26.1 Å². The van der Waals surface area contributed by atoms with E-state index in [4.69, 9.17) is 4.74 Å². The Labute approximate surface area is 83.1 Å². The third kappa shape index (κ3) is 9.84. The van der Waals surface area contributed by atoms with Gasteiger partial charge in [0.1, 0.15) is 0 Å². The van der Waals surface area contributed by atoms with Crippen molar-refractivity contribution in [3.8, 4) is 0 Å². The van der Waals surface area contributed by atoms with Crippen molar-refractivity contribution >= 4 is 0 Å². The van der Waals surface area contributed by atoms with E-state index in [0.717, 1.165) is 26.1 Å². The number of unbranched alkanes of at least 4 members (excludes halogenated alkanes) is 1. The Kier molecular flexibility index (Phi) is 9.94. The third-order valence-corrected chi connectivity index (χ3v) is 2.05. The first-order valence-electron chi connectivity index (χ1n) is 5.63. The van der Waals surface area contributed by atoms with Gasteiger partial charge < -0.3 is 10.1 Å². The lowest BCUT2D eigenvalue weighted by Gasteiger charge is -2.12. The first kappa shape index (κ1) is 12.9. The second-order valence-electron chi connectivity index (χ2n) is 3.57. The minimum Gasteiger partial charge on any atom is -0.378 e. The Bertz CT molecular complexity index is 96.1. The molecule has 0 radical (unpaired) electrons. The molecule has 0 saturated heterocycles. The van der Waals surface area contributed by atoms with Crippen molar-refractivity contribution in [2.24, 2.45) is 0 Å². The molecule has 0 aromatic rings. The van der Waals surface area contributed by atoms with Crippen molar-refractivity contribution < 1.29 is 4.74 Å². The Morgan fingerprint density at radius 3 is 2.54 bits per heavy atom. The van der Waals surface area contributed by atoms with Gasteiger partial charge in [-0.05, 0) is 39.3 Å². The molecule has 13 heavy (non-hydrogen) atoms. The maximum atomic E-state index is 5.62. The zero-order chi connectivity index (χ0) is 9.94. The van der Waals surface area contributed by atoms with Gasteiger partial charge in [0, 0.05) is 6.61 Å². The summed E-state index contributed by atoms with van der Waals surface area (Å²) in [6.07, 6.45) is 5.17. The molecule has 1 unspecified atom stereocenters. The number of hydrogen-bond donors (Lipinski definition) is 1. The summed E-state index contributed by atoms with van der Waals surface area (Å²) in [6.45, 7) is 9.67. The van der Waals surface area contributed by atoms with Crippen molar-refractivity contribution in [3.63, 3.8) is 0 Å². The molecular formula is C11H25NO. The van der Waals surface area contributed by atoms with Crippen LogP contribution >= 0.6 is 0 Å². The highest BCUT2D eigenvalue weighted by Gasteiger charge is 2.00. The van der Waals surface area contributed by atoms with Crippen LogP contribution in [0.4, 0.5) is 0 Å². The van der Waals surface area contributed by atoms with Gasteiger partial charge in [-0.1, -0.05) is 20.3 Å². The lowest BCUT2D eigenvalue weighted by Crippen LogP contribution is -2.21. The molecule has 0 spiro atoms. The summed E-state index contributed by atoms with van der Waals surface area (Å²) in [7, 11) is 0. The minimum atomic E-state index is 0.413. The van der Waals surface area contributed by atoms with Crippen molar-refractivity contribution in [2.45, 2.75) is 52.6 Å². The van der Waals surface area contributed by atoms with Crippen LogP contribution < -0.4 is 5.32 Å². The van der Waals surface area contributed by atoms with E-state index in [1.54, 1.807) is 0 Å². The Hall–Kier alpha value is -0.0800. The summed E-state index contributed by atoms with van der Waals surface area (Å²) < 4.78 is 5.62. The molecule has 0 aliphatic rings. The molecule has 0 heterocycles. The molecule has 0 aliphatic heterocycles. The number of rotatable bonds is 9. The lowest BCUT2D eigenvalue weighted by atomic mass is 10.3. The maximum absolute atomic E-state index is 5.62. The van der Waals surface area contributed by atoms with Gasteiger partial charge in [-0.25, -0.2) is 0 Å². The van der Waals surface area contributed by atoms with Gasteiger partial charge in [0.15, 0.2) is 0 Å². The average Bonchev–Trinajstić information content (AvgIpc) is 2.13. The monoisotopic (exact) mass is 187 g/mol. The predicted molar refractivity (Wildman–Crippen MR) is 58.1 cm³/mol. The second kappa shape index (κ2) is 10.0. The van der Waals surface area contributed by atoms with Crippen LogP contribution in [0.15, 0.2) is 0 Å². The summed E-state index contributed by atoms with van der Waals surface area (Å²) in [6, 6.07) is 0. The summed E-state index contributed by atoms with van der Waals surface area (Å²) in [5.74, 6) is 0. The molecule has 1 atom stereocenters. The highest BCUT2D eigenvalue weighted by Crippen LogP contribution is 1.98. The third-order valence-electron chi connectivity index (χ3n) is 2.05. The van der Waals surface area contributed by atoms with Crippen LogP contribution in [0.1, 0.15) is 46.5 Å². The Balaban J connectivity index is 3.05. The normalized spacial score (nSPS) is 13.2. The van der Waals surface area contributed by atoms with Gasteiger partial charge in [0.05, 0.1) is 6.10 Å². The molecular weight excluding hydrogens is 162 g/mol. The molecule has 2 nitrogen and oxygen atoms in total. The highest BCUT2D eigenvalue weighted by molar-refractivity contribution is 4.53. The molecule has 0 aromatic heterocycles. The van der Waals surface area contributed by atoms with Crippen LogP contribution in [0.5, 0.6) is 0 Å². The quantitative estimate of drug-likeness (QED) is 0.560. The van der Waals surface area contributed by atoms with E-state index in [1.165, 1.54) is 19.3 Å². The largest absolute Gasteiger partial charge is 0.378 e. The Morgan fingerprint density at radius 2 is 1.92 bits per heavy atom. The molecule has 0 fully saturated rings. The molecule has 0 aromatic carbocycles. The SMILES string of the molecule is CCCCOC(C)CCNCCC. The van der Waals surface area contributed by atoms with E-state index in [9.17, 15) is 0 Å². The summed E-state index contributed by atoms with van der Waals surface area (Å²) in [5, 5.41) is 3.38. The fraction of sp³-hybridized carbons (Fsp3) is 1.00. The van der Waals surface area contributed by atoms with Crippen LogP contribution in [-0.4, -0.2) is 25.8 Å². The average molecular weight is 187 g/mol. The molecule has 1 N–H and O–H groups in total. The van der Waals surface area contributed by atoms with Crippen LogP contribution in [0.3, 0.4) is 0 Å². The smallest absolute Gasteiger partial charge is 0.0559 e. The van der Waals surface area contributed by atoms with Gasteiger partial charge in [0.2, 0.25) is 0 Å². The topological polar surface area (TPSA) is 21.3 Å². The van der Waals surface area contributed by atoms with Crippen molar-refractivity contribution in [2.75, 3.05) is 19.7 Å². The zero-order valence-corrected chi connectivity index (χ0v) is 9.44. The van der Waals surface area contributed by atoms with E-state index in [-0.39, 0.29) is 0 Å². The van der Waals surface area contributed by atoms with Crippen LogP contribution in [0.25, 0.3) is 0 Å². The van der Waals surface area contributed by atoms with Crippen molar-refractivity contribution in [1.82, 2.24) is 5.32 Å². The van der Waals surface area contributed by atoms with Gasteiger partial charge >= 0.3 is 0 Å². The van der Waals surface area contributed by atoms with Crippen LogP contribution in [0, 0.1) is 0 Å². The summed E-state index contributed by atoms with van der Waals surface area (Å²) in [5.41, 5.74) is 0. The van der Waals surface area contributed by atoms with Crippen LogP contribution in [0.2, 0.25) is 0 Å². The number of ether oxygens (including phenoxy) is 1. The zero-order valence-electron chi connectivity index (χ0n) is 9.44. The minimum absolute atomic E-state index is 0.413. The maximum Gasteiger partial charge on any atom is 0.0559 e. The van der Waals surface area contributed by atoms with Crippen molar-refractivity contribution in [1.29, 1.82) is 0 Å². The first-order valence-corrected chi connectivity index (χ1v) is 5.63. The lowest BCUT2D eigenvalue weighted by molar-refractivity contribution is 0.0586. The van der Waals surface area contributed by atoms with Crippen LogP contribution in [-0.2, 0) is 4.74 Å². The number of hydrogen-bond acceptors (Lipinski definition) is 2. The molecule has 0 amide bonds. The molecule has 0 bridgehead atoms. The van der Waals surface area contributed by atoms with Gasteiger partial charge in [-0.15, -0.1) is 0 Å². The highest BCUT2D eigenvalue weighted by atomic mass is 16.5. The summed E-state index contributed by atoms with van der Waals surface area (Å²) >= 11 is 0. The van der Waals surface area contributed by atoms with Gasteiger partial charge in [-0.2, -0.15) is 0 Å². The van der Waals surface area contributed by atoms with Gasteiger partial charge in [-0.3, -0.25) is 0 Å². The van der Waals surface area contributed by atoms with E-state index < -0.39 is 0 Å². The number of nitrogens with one attached hydrogen (secondary N) is 1. The fourth-order valence-corrected chi connectivity index (χ4v) is 1.12. The standard InChI is InChI=1S/C11H25NO/c1-4-6-10-13-11(3)7-9-12-8-5-2/h11-12H,4-10H2,1-3H3. The van der Waals surface area contributed by atoms with E-state index >= 15 is 0 Å². The van der Waals surface area contributed by atoms with E-state index in [0.29, 0.717) is 6.10 Å². The Morgan fingerprint density at radius 1 is 1.15 bits per heavy atom. The fourth-order valence-electron chi connectivity index (χ4n) is 1.12. The summed E-state index contributed by atoms with van der Waals surface area (Å²) in [4.78, 5) is 0. The molecule has 0 aliphatic carbocycles. The second-order valence-corrected chi connectivity index (χ2v) is 3.57. The molecule has 0 saturated carbocycles. The van der Waals surface area contributed by atoms with Crippen molar-refractivity contribution in [3.05, 3.63) is 0 Å². The first-order chi connectivity index (χ1) is 6.31. The van der Waals surface area contributed by atoms with E-state index in [1.807, 2.05) is 0 Å². The predicted octanol–water partition coefficient (Wildman–Crippen LogP) is 2.58. The molecule has 80 valence electrons. The van der Waals surface area contributed by atoms with Gasteiger partial charge in [0.25, 0.3) is 0 Å². The molecule has 2 heteroatoms. The molecule has 0 rings (SSSR count).